The molecule has 0 aliphatic rings. The van der Waals surface area contributed by atoms with Gasteiger partial charge >= 0.3 is 0 Å². The van der Waals surface area contributed by atoms with Gasteiger partial charge < -0.3 is 9.32 Å². The van der Waals surface area contributed by atoms with Crippen LogP contribution >= 0.6 is 0 Å². The lowest BCUT2D eigenvalue weighted by Crippen LogP contribution is -2.30. The van der Waals surface area contributed by atoms with E-state index in [2.05, 4.69) is 10.3 Å². The Hall–Kier alpha value is -3.67. The van der Waals surface area contributed by atoms with Crippen molar-refractivity contribution < 1.29 is 9.21 Å². The van der Waals surface area contributed by atoms with Gasteiger partial charge in [-0.3, -0.25) is 4.79 Å². The minimum absolute atomic E-state index is 0.181. The van der Waals surface area contributed by atoms with E-state index in [1.54, 1.807) is 22.0 Å². The van der Waals surface area contributed by atoms with Crippen LogP contribution in [0.3, 0.4) is 0 Å². The molecular formula is C22H20N4O2. The molecule has 0 saturated carbocycles. The zero-order valence-electron chi connectivity index (χ0n) is 15.3. The van der Waals surface area contributed by atoms with Gasteiger partial charge in [0.2, 0.25) is 0 Å². The predicted octanol–water partition coefficient (Wildman–Crippen LogP) is 3.76. The van der Waals surface area contributed by atoms with E-state index >= 15 is 0 Å². The van der Waals surface area contributed by atoms with Crippen molar-refractivity contribution in [2.45, 2.75) is 19.6 Å². The molecule has 0 atom stereocenters. The highest BCUT2D eigenvalue weighted by Gasteiger charge is 2.21. The van der Waals surface area contributed by atoms with Crippen LogP contribution in [-0.4, -0.2) is 25.8 Å². The average Bonchev–Trinajstić information content (AvgIpc) is 3.41. The zero-order valence-corrected chi connectivity index (χ0v) is 15.3. The lowest BCUT2D eigenvalue weighted by atomic mass is 10.2. The SMILES string of the molecule is O=C(c1cn(Cc2ccccc2)nn1)N(Cc1ccccc1)Cc1ccco1. The first-order valence-corrected chi connectivity index (χ1v) is 9.07. The number of hydrogen-bond acceptors (Lipinski definition) is 4. The van der Waals surface area contributed by atoms with E-state index in [9.17, 15) is 4.79 Å². The van der Waals surface area contributed by atoms with Gasteiger partial charge in [-0.25, -0.2) is 4.68 Å². The molecule has 0 bridgehead atoms. The molecule has 6 heteroatoms. The highest BCUT2D eigenvalue weighted by atomic mass is 16.3. The van der Waals surface area contributed by atoms with E-state index in [1.165, 1.54) is 0 Å². The Labute approximate surface area is 163 Å². The fourth-order valence-electron chi connectivity index (χ4n) is 3.00. The first-order valence-electron chi connectivity index (χ1n) is 9.07. The van der Waals surface area contributed by atoms with Crippen LogP contribution in [0.1, 0.15) is 27.4 Å². The molecule has 140 valence electrons. The number of nitrogens with zero attached hydrogens (tertiary/aromatic N) is 4. The maximum Gasteiger partial charge on any atom is 0.276 e. The molecule has 0 N–H and O–H groups in total. The maximum absolute atomic E-state index is 13.1. The summed E-state index contributed by atoms with van der Waals surface area (Å²) in [4.78, 5) is 14.8. The molecule has 0 radical (unpaired) electrons. The normalized spacial score (nSPS) is 10.7. The van der Waals surface area contributed by atoms with Crippen molar-refractivity contribution in [3.05, 3.63) is 108 Å². The molecule has 0 unspecified atom stereocenters. The Morgan fingerprint density at radius 3 is 2.29 bits per heavy atom. The number of carbonyl (C=O) groups is 1. The molecule has 1 amide bonds. The van der Waals surface area contributed by atoms with E-state index in [0.29, 0.717) is 25.3 Å². The summed E-state index contributed by atoms with van der Waals surface area (Å²) in [5.74, 6) is 0.542. The minimum Gasteiger partial charge on any atom is -0.467 e. The summed E-state index contributed by atoms with van der Waals surface area (Å²) in [6, 6.07) is 23.5. The van der Waals surface area contributed by atoms with Gasteiger partial charge in [0.15, 0.2) is 5.69 Å². The van der Waals surface area contributed by atoms with Crippen LogP contribution in [0.15, 0.2) is 89.7 Å². The van der Waals surface area contributed by atoms with Crippen LogP contribution in [0.2, 0.25) is 0 Å². The maximum atomic E-state index is 13.1. The Balaban J connectivity index is 1.53. The second kappa shape index (κ2) is 8.35. The smallest absolute Gasteiger partial charge is 0.276 e. The molecule has 2 heterocycles. The Morgan fingerprint density at radius 2 is 1.61 bits per heavy atom. The lowest BCUT2D eigenvalue weighted by molar-refractivity contribution is 0.0711. The molecule has 2 aromatic carbocycles. The van der Waals surface area contributed by atoms with Crippen molar-refractivity contribution in [1.82, 2.24) is 19.9 Å². The fraction of sp³-hybridized carbons (Fsp3) is 0.136. The Bertz CT molecular complexity index is 1010. The van der Waals surface area contributed by atoms with Gasteiger partial charge in [0.1, 0.15) is 5.76 Å². The van der Waals surface area contributed by atoms with E-state index in [-0.39, 0.29) is 5.91 Å². The van der Waals surface area contributed by atoms with Gasteiger partial charge in [-0.2, -0.15) is 0 Å². The topological polar surface area (TPSA) is 64.2 Å². The summed E-state index contributed by atoms with van der Waals surface area (Å²) in [5.41, 5.74) is 2.46. The number of hydrogen-bond donors (Lipinski definition) is 0. The second-order valence-corrected chi connectivity index (χ2v) is 6.51. The second-order valence-electron chi connectivity index (χ2n) is 6.51. The molecule has 28 heavy (non-hydrogen) atoms. The number of aromatic nitrogens is 3. The van der Waals surface area contributed by atoms with Gasteiger partial charge in [0.05, 0.1) is 25.5 Å². The monoisotopic (exact) mass is 372 g/mol. The quantitative estimate of drug-likeness (QED) is 0.495. The van der Waals surface area contributed by atoms with Crippen molar-refractivity contribution >= 4 is 5.91 Å². The van der Waals surface area contributed by atoms with Crippen molar-refractivity contribution in [2.24, 2.45) is 0 Å². The number of amides is 1. The molecule has 4 aromatic rings. The molecule has 6 nitrogen and oxygen atoms in total. The third-order valence-corrected chi connectivity index (χ3v) is 4.38. The molecule has 0 aliphatic carbocycles. The highest BCUT2D eigenvalue weighted by Crippen LogP contribution is 2.14. The number of benzene rings is 2. The van der Waals surface area contributed by atoms with E-state index in [0.717, 1.165) is 16.9 Å². The first-order chi connectivity index (χ1) is 13.8. The van der Waals surface area contributed by atoms with Crippen LogP contribution in [0.4, 0.5) is 0 Å². The summed E-state index contributed by atoms with van der Waals surface area (Å²) in [7, 11) is 0. The zero-order chi connectivity index (χ0) is 19.2. The number of rotatable bonds is 7. The third kappa shape index (κ3) is 4.35. The molecule has 4 rings (SSSR count). The number of carbonyl (C=O) groups excluding carboxylic acids is 1. The van der Waals surface area contributed by atoms with Crippen molar-refractivity contribution in [3.8, 4) is 0 Å². The molecule has 0 spiro atoms. The Kier molecular flexibility index (Phi) is 5.29. The fourth-order valence-corrected chi connectivity index (χ4v) is 3.00. The van der Waals surface area contributed by atoms with Gasteiger partial charge in [-0.05, 0) is 23.3 Å². The van der Waals surface area contributed by atoms with Crippen LogP contribution in [0.5, 0.6) is 0 Å². The molecule has 0 aliphatic heterocycles. The lowest BCUT2D eigenvalue weighted by Gasteiger charge is -2.20. The van der Waals surface area contributed by atoms with E-state index < -0.39 is 0 Å². The van der Waals surface area contributed by atoms with Crippen molar-refractivity contribution in [3.63, 3.8) is 0 Å². The Morgan fingerprint density at radius 1 is 0.893 bits per heavy atom. The number of furan rings is 1. The summed E-state index contributed by atoms with van der Waals surface area (Å²) >= 11 is 0. The first kappa shape index (κ1) is 17.7. The van der Waals surface area contributed by atoms with Gasteiger partial charge in [-0.1, -0.05) is 65.9 Å². The summed E-state index contributed by atoms with van der Waals surface area (Å²) < 4.78 is 7.11. The van der Waals surface area contributed by atoms with E-state index in [1.807, 2.05) is 72.8 Å². The summed E-state index contributed by atoms with van der Waals surface area (Å²) in [6.07, 6.45) is 3.30. The average molecular weight is 372 g/mol. The standard InChI is InChI=1S/C22H20N4O2/c27-22(21-17-26(24-23-21)15-19-10-5-2-6-11-19)25(16-20-12-7-13-28-20)14-18-8-3-1-4-9-18/h1-13,17H,14-16H2. The minimum atomic E-state index is -0.181. The van der Waals surface area contributed by atoms with E-state index in [4.69, 9.17) is 4.42 Å². The van der Waals surface area contributed by atoms with Crippen molar-refractivity contribution in [2.75, 3.05) is 0 Å². The van der Waals surface area contributed by atoms with Crippen LogP contribution < -0.4 is 0 Å². The molecule has 0 saturated heterocycles. The summed E-state index contributed by atoms with van der Waals surface area (Å²) in [6.45, 7) is 1.40. The largest absolute Gasteiger partial charge is 0.467 e. The third-order valence-electron chi connectivity index (χ3n) is 4.38. The molecular weight excluding hydrogens is 352 g/mol. The summed E-state index contributed by atoms with van der Waals surface area (Å²) in [5, 5.41) is 8.21. The van der Waals surface area contributed by atoms with Crippen LogP contribution in [0.25, 0.3) is 0 Å². The molecule has 2 aromatic heterocycles. The predicted molar refractivity (Wildman–Crippen MR) is 104 cm³/mol. The molecule has 0 fully saturated rings. The van der Waals surface area contributed by atoms with Gasteiger partial charge in [0, 0.05) is 6.54 Å². The van der Waals surface area contributed by atoms with Crippen LogP contribution in [0, 0.1) is 0 Å². The van der Waals surface area contributed by atoms with Crippen molar-refractivity contribution in [1.29, 1.82) is 0 Å². The van der Waals surface area contributed by atoms with Gasteiger partial charge in [0.25, 0.3) is 5.91 Å². The highest BCUT2D eigenvalue weighted by molar-refractivity contribution is 5.91. The van der Waals surface area contributed by atoms with Gasteiger partial charge in [-0.15, -0.1) is 5.10 Å². The van der Waals surface area contributed by atoms with Crippen LogP contribution in [-0.2, 0) is 19.6 Å².